The number of rotatable bonds is 3. The molecule has 20 heavy (non-hydrogen) atoms. The quantitative estimate of drug-likeness (QED) is 0.528. The highest BCUT2D eigenvalue weighted by Gasteiger charge is 2.13. The first kappa shape index (κ1) is 14.1. The molecule has 1 aromatic heterocycles. The van der Waals surface area contributed by atoms with Gasteiger partial charge < -0.3 is 5.32 Å². The Kier molecular flexibility index (Phi) is 4.04. The fraction of sp³-hybridized carbons (Fsp3) is 0. The summed E-state index contributed by atoms with van der Waals surface area (Å²) >= 11 is 3.05. The van der Waals surface area contributed by atoms with Gasteiger partial charge in [0, 0.05) is 18.0 Å². The molecule has 2 aromatic rings. The van der Waals surface area contributed by atoms with Crippen molar-refractivity contribution in [3.63, 3.8) is 0 Å². The van der Waals surface area contributed by atoms with Crippen molar-refractivity contribution in [2.45, 2.75) is 0 Å². The summed E-state index contributed by atoms with van der Waals surface area (Å²) < 4.78 is 12.9. The van der Waals surface area contributed by atoms with Gasteiger partial charge in [-0.1, -0.05) is 0 Å². The first-order chi connectivity index (χ1) is 9.47. The Bertz CT molecular complexity index is 676. The number of nitrogens with zero attached hydrogens (tertiary/aromatic N) is 2. The molecular weight excluding hydrogens is 333 g/mol. The van der Waals surface area contributed by atoms with E-state index in [-0.39, 0.29) is 15.7 Å². The number of hydrogen-bond donors (Lipinski definition) is 1. The van der Waals surface area contributed by atoms with Gasteiger partial charge in [-0.3, -0.25) is 14.9 Å². The fourth-order valence-electron chi connectivity index (χ4n) is 1.45. The van der Waals surface area contributed by atoms with Crippen molar-refractivity contribution in [3.05, 3.63) is 62.6 Å². The summed E-state index contributed by atoms with van der Waals surface area (Å²) in [6.45, 7) is 0. The van der Waals surface area contributed by atoms with Gasteiger partial charge in [0.1, 0.15) is 0 Å². The maximum absolute atomic E-state index is 12.6. The number of amides is 1. The minimum atomic E-state index is -0.681. The second-order valence-electron chi connectivity index (χ2n) is 3.75. The van der Waals surface area contributed by atoms with Crippen LogP contribution in [0, 0.1) is 16.1 Å². The van der Waals surface area contributed by atoms with Gasteiger partial charge in [-0.25, -0.2) is 4.98 Å². The number of nitro groups is 1. The lowest BCUT2D eigenvalue weighted by Crippen LogP contribution is -2.12. The molecule has 0 aliphatic carbocycles. The van der Waals surface area contributed by atoms with E-state index in [0.717, 1.165) is 12.3 Å². The van der Waals surface area contributed by atoms with Crippen molar-refractivity contribution in [1.29, 1.82) is 0 Å². The van der Waals surface area contributed by atoms with Crippen LogP contribution in [0.25, 0.3) is 0 Å². The number of halogens is 2. The maximum Gasteiger partial charge on any atom is 0.283 e. The van der Waals surface area contributed by atoms with E-state index < -0.39 is 16.8 Å². The van der Waals surface area contributed by atoms with Gasteiger partial charge in [0.15, 0.2) is 0 Å². The molecule has 2 rings (SSSR count). The highest BCUT2D eigenvalue weighted by Crippen LogP contribution is 2.27. The third-order valence-corrected chi connectivity index (χ3v) is 3.03. The number of hydrogen-bond acceptors (Lipinski definition) is 4. The minimum absolute atomic E-state index is 0.105. The van der Waals surface area contributed by atoms with Gasteiger partial charge in [-0.2, -0.15) is 4.39 Å². The normalized spacial score (nSPS) is 10.1. The standard InChI is InChI=1S/C12H7BrFN3O3/c13-9-5-8(2-3-10(9)17(19)20)16-12(18)7-1-4-11(14)15-6-7/h1-6H,(H,16,18). The van der Waals surface area contributed by atoms with Crippen molar-refractivity contribution >= 4 is 33.2 Å². The Hall–Kier alpha value is -2.35. The van der Waals surface area contributed by atoms with Gasteiger partial charge in [0.2, 0.25) is 5.95 Å². The third-order valence-electron chi connectivity index (χ3n) is 2.39. The molecule has 1 amide bonds. The maximum atomic E-state index is 12.6. The number of aromatic nitrogens is 1. The molecule has 0 aliphatic heterocycles. The Balaban J connectivity index is 2.18. The summed E-state index contributed by atoms with van der Waals surface area (Å²) in [4.78, 5) is 25.3. The molecule has 0 radical (unpaired) electrons. The average Bonchev–Trinajstić information content (AvgIpc) is 2.39. The number of anilines is 1. The number of benzene rings is 1. The van der Waals surface area contributed by atoms with Gasteiger partial charge in [0.25, 0.3) is 11.6 Å². The summed E-state index contributed by atoms with van der Waals surface area (Å²) in [5.74, 6) is -1.17. The SMILES string of the molecule is O=C(Nc1ccc([N+](=O)[O-])c(Br)c1)c1ccc(F)nc1. The lowest BCUT2D eigenvalue weighted by Gasteiger charge is -2.05. The largest absolute Gasteiger partial charge is 0.322 e. The van der Waals surface area contributed by atoms with Crippen molar-refractivity contribution in [2.75, 3.05) is 5.32 Å². The van der Waals surface area contributed by atoms with E-state index in [1.54, 1.807) is 0 Å². The van der Waals surface area contributed by atoms with Crippen LogP contribution in [0.5, 0.6) is 0 Å². The van der Waals surface area contributed by atoms with Crippen LogP contribution in [0.15, 0.2) is 41.0 Å². The smallest absolute Gasteiger partial charge is 0.283 e. The van der Waals surface area contributed by atoms with E-state index >= 15 is 0 Å². The molecule has 0 fully saturated rings. The van der Waals surface area contributed by atoms with Gasteiger partial charge in [-0.05, 0) is 40.2 Å². The monoisotopic (exact) mass is 339 g/mol. The van der Waals surface area contributed by atoms with Crippen LogP contribution in [0.1, 0.15) is 10.4 Å². The van der Waals surface area contributed by atoms with Crippen LogP contribution in [-0.2, 0) is 0 Å². The zero-order chi connectivity index (χ0) is 14.7. The Morgan fingerprint density at radius 1 is 1.35 bits per heavy atom. The van der Waals surface area contributed by atoms with E-state index in [4.69, 9.17) is 0 Å². The van der Waals surface area contributed by atoms with Crippen molar-refractivity contribution < 1.29 is 14.1 Å². The highest BCUT2D eigenvalue weighted by molar-refractivity contribution is 9.10. The molecule has 8 heteroatoms. The van der Waals surface area contributed by atoms with Crippen LogP contribution in [0.4, 0.5) is 15.8 Å². The summed E-state index contributed by atoms with van der Waals surface area (Å²) in [5.41, 5.74) is 0.448. The number of nitro benzene ring substituents is 1. The summed E-state index contributed by atoms with van der Waals surface area (Å²) in [7, 11) is 0. The number of carbonyl (C=O) groups excluding carboxylic acids is 1. The molecule has 0 spiro atoms. The van der Waals surface area contributed by atoms with Crippen LogP contribution < -0.4 is 5.32 Å². The van der Waals surface area contributed by atoms with Crippen LogP contribution in [0.2, 0.25) is 0 Å². The molecule has 0 saturated heterocycles. The highest BCUT2D eigenvalue weighted by atomic mass is 79.9. The van der Waals surface area contributed by atoms with E-state index in [0.29, 0.717) is 5.69 Å². The molecule has 0 atom stereocenters. The Morgan fingerprint density at radius 2 is 2.10 bits per heavy atom. The first-order valence-electron chi connectivity index (χ1n) is 5.34. The zero-order valence-electron chi connectivity index (χ0n) is 9.84. The van der Waals surface area contributed by atoms with Crippen molar-refractivity contribution in [3.8, 4) is 0 Å². The zero-order valence-corrected chi connectivity index (χ0v) is 11.4. The molecule has 102 valence electrons. The second-order valence-corrected chi connectivity index (χ2v) is 4.60. The van der Waals surface area contributed by atoms with Gasteiger partial charge >= 0.3 is 0 Å². The van der Waals surface area contributed by atoms with E-state index in [9.17, 15) is 19.3 Å². The Morgan fingerprint density at radius 3 is 2.65 bits per heavy atom. The summed E-state index contributed by atoms with van der Waals surface area (Å²) in [6.07, 6.45) is 1.10. The molecule has 1 heterocycles. The molecule has 0 saturated carbocycles. The van der Waals surface area contributed by atoms with Gasteiger partial charge in [0.05, 0.1) is 15.0 Å². The summed E-state index contributed by atoms with van der Waals surface area (Å²) in [6, 6.07) is 6.44. The fourth-order valence-corrected chi connectivity index (χ4v) is 1.97. The lowest BCUT2D eigenvalue weighted by molar-refractivity contribution is -0.385. The topological polar surface area (TPSA) is 85.1 Å². The predicted molar refractivity (Wildman–Crippen MR) is 72.9 cm³/mol. The molecule has 1 N–H and O–H groups in total. The number of carbonyl (C=O) groups is 1. The minimum Gasteiger partial charge on any atom is -0.322 e. The van der Waals surface area contributed by atoms with Crippen molar-refractivity contribution in [1.82, 2.24) is 4.98 Å². The number of nitrogens with one attached hydrogen (secondary N) is 1. The Labute approximate surface area is 120 Å². The molecular formula is C12H7BrFN3O3. The second kappa shape index (κ2) is 5.74. The van der Waals surface area contributed by atoms with Crippen LogP contribution >= 0.6 is 15.9 Å². The van der Waals surface area contributed by atoms with Crippen molar-refractivity contribution in [2.24, 2.45) is 0 Å². The third kappa shape index (κ3) is 3.15. The molecule has 1 aromatic carbocycles. The lowest BCUT2D eigenvalue weighted by atomic mass is 10.2. The van der Waals surface area contributed by atoms with Gasteiger partial charge in [-0.15, -0.1) is 0 Å². The first-order valence-corrected chi connectivity index (χ1v) is 6.13. The molecule has 0 unspecified atom stereocenters. The van der Waals surface area contributed by atoms with E-state index in [2.05, 4.69) is 26.2 Å². The molecule has 6 nitrogen and oxygen atoms in total. The van der Waals surface area contributed by atoms with E-state index in [1.807, 2.05) is 0 Å². The summed E-state index contributed by atoms with van der Waals surface area (Å²) in [5, 5.41) is 13.2. The van der Waals surface area contributed by atoms with Crippen LogP contribution in [0.3, 0.4) is 0 Å². The number of pyridine rings is 1. The predicted octanol–water partition coefficient (Wildman–Crippen LogP) is 3.14. The average molecular weight is 340 g/mol. The molecule has 0 bridgehead atoms. The van der Waals surface area contributed by atoms with E-state index in [1.165, 1.54) is 24.3 Å². The molecule has 0 aliphatic rings. The van der Waals surface area contributed by atoms with Crippen LogP contribution in [-0.4, -0.2) is 15.8 Å².